The highest BCUT2D eigenvalue weighted by Gasteiger charge is 2.22. The summed E-state index contributed by atoms with van der Waals surface area (Å²) in [6.45, 7) is 2.44. The largest absolute Gasteiger partial charge is 0.497 e. The summed E-state index contributed by atoms with van der Waals surface area (Å²) < 4.78 is 18.1. The summed E-state index contributed by atoms with van der Waals surface area (Å²) in [7, 11) is 4.94. The predicted octanol–water partition coefficient (Wildman–Crippen LogP) is 3.38. The molecule has 1 unspecified atom stereocenters. The van der Waals surface area contributed by atoms with Gasteiger partial charge in [0.1, 0.15) is 17.2 Å². The maximum Gasteiger partial charge on any atom is 0.226 e. The number of piperidine rings is 1. The van der Waals surface area contributed by atoms with Gasteiger partial charge in [0.05, 0.1) is 26.8 Å². The summed E-state index contributed by atoms with van der Waals surface area (Å²) in [5, 5.41) is 12.7. The van der Waals surface area contributed by atoms with Gasteiger partial charge < -0.3 is 24.8 Å². The van der Waals surface area contributed by atoms with Crippen LogP contribution in [0.15, 0.2) is 36.4 Å². The number of aromatic nitrogens is 4. The number of methoxy groups -OCH3 is 3. The van der Waals surface area contributed by atoms with Crippen molar-refractivity contribution in [3.8, 4) is 17.2 Å². The molecule has 2 N–H and O–H groups in total. The standard InChI is InChI=1S/C24H28N6O3/c1-31-17-8-9-19-20(11-17)27-24(26-14-15-6-7-18(32-2)12-21(15)33-3)30-23(19)28-22(29-30)16-5-4-10-25-13-16/h6-9,11-12,16,25H,4-5,10,13-14H2,1-3H3,(H,26,27). The zero-order chi connectivity index (χ0) is 22.8. The van der Waals surface area contributed by atoms with E-state index in [2.05, 4.69) is 10.6 Å². The van der Waals surface area contributed by atoms with E-state index in [9.17, 15) is 0 Å². The Morgan fingerprint density at radius 2 is 1.85 bits per heavy atom. The summed E-state index contributed by atoms with van der Waals surface area (Å²) in [5.41, 5.74) is 2.56. The van der Waals surface area contributed by atoms with Gasteiger partial charge in [-0.15, -0.1) is 5.10 Å². The van der Waals surface area contributed by atoms with E-state index in [0.717, 1.165) is 71.1 Å². The van der Waals surface area contributed by atoms with E-state index < -0.39 is 0 Å². The third kappa shape index (κ3) is 4.11. The van der Waals surface area contributed by atoms with Gasteiger partial charge in [0, 0.05) is 42.1 Å². The molecule has 0 saturated carbocycles. The minimum atomic E-state index is 0.293. The third-order valence-electron chi connectivity index (χ3n) is 6.09. The summed E-state index contributed by atoms with van der Waals surface area (Å²) in [6, 6.07) is 11.6. The molecule has 4 aromatic rings. The lowest BCUT2D eigenvalue weighted by Crippen LogP contribution is -2.29. The van der Waals surface area contributed by atoms with Crippen molar-refractivity contribution < 1.29 is 14.2 Å². The second-order valence-corrected chi connectivity index (χ2v) is 8.10. The van der Waals surface area contributed by atoms with Crippen LogP contribution in [-0.2, 0) is 6.54 Å². The van der Waals surface area contributed by atoms with Gasteiger partial charge in [-0.3, -0.25) is 0 Å². The molecule has 0 spiro atoms. The second kappa shape index (κ2) is 9.11. The minimum absolute atomic E-state index is 0.293. The fraction of sp³-hybridized carbons (Fsp3) is 0.375. The van der Waals surface area contributed by atoms with Gasteiger partial charge in [0.25, 0.3) is 0 Å². The topological polar surface area (TPSA) is 94.8 Å². The summed E-state index contributed by atoms with van der Waals surface area (Å²) in [6.07, 6.45) is 2.20. The smallest absolute Gasteiger partial charge is 0.226 e. The Kier molecular flexibility index (Phi) is 5.87. The maximum atomic E-state index is 5.55. The first-order chi connectivity index (χ1) is 16.2. The van der Waals surface area contributed by atoms with Gasteiger partial charge in [-0.05, 0) is 43.7 Å². The van der Waals surface area contributed by atoms with Crippen molar-refractivity contribution in [3.05, 3.63) is 47.8 Å². The fourth-order valence-electron chi connectivity index (χ4n) is 4.26. The number of fused-ring (bicyclic) bond motifs is 3. The van der Waals surface area contributed by atoms with Crippen molar-refractivity contribution >= 4 is 22.5 Å². The lowest BCUT2D eigenvalue weighted by Gasteiger charge is -2.19. The van der Waals surface area contributed by atoms with E-state index in [-0.39, 0.29) is 0 Å². The highest BCUT2D eigenvalue weighted by molar-refractivity contribution is 5.93. The van der Waals surface area contributed by atoms with Gasteiger partial charge in [0.15, 0.2) is 11.5 Å². The minimum Gasteiger partial charge on any atom is -0.497 e. The molecule has 172 valence electrons. The SMILES string of the molecule is COc1ccc(CNc2nc3cc(OC)ccc3c3nc(C4CCCNC4)nn23)c(OC)c1. The van der Waals surface area contributed by atoms with Gasteiger partial charge in [-0.25, -0.2) is 9.97 Å². The molecule has 2 aromatic heterocycles. The number of ether oxygens (including phenoxy) is 3. The summed E-state index contributed by atoms with van der Waals surface area (Å²) in [5.74, 6) is 3.99. The van der Waals surface area contributed by atoms with Crippen molar-refractivity contribution in [1.29, 1.82) is 0 Å². The molecule has 0 bridgehead atoms. The number of hydrogen-bond acceptors (Lipinski definition) is 8. The molecule has 1 aliphatic heterocycles. The van der Waals surface area contributed by atoms with Crippen LogP contribution >= 0.6 is 0 Å². The van der Waals surface area contributed by atoms with E-state index in [4.69, 9.17) is 29.3 Å². The van der Waals surface area contributed by atoms with Crippen molar-refractivity contribution in [2.75, 3.05) is 39.7 Å². The Morgan fingerprint density at radius 3 is 2.61 bits per heavy atom. The van der Waals surface area contributed by atoms with Crippen LogP contribution in [0, 0.1) is 0 Å². The normalized spacial score (nSPS) is 16.2. The zero-order valence-corrected chi connectivity index (χ0v) is 19.1. The lowest BCUT2D eigenvalue weighted by atomic mass is 9.99. The van der Waals surface area contributed by atoms with Crippen molar-refractivity contribution in [2.45, 2.75) is 25.3 Å². The summed E-state index contributed by atoms with van der Waals surface area (Å²) in [4.78, 5) is 9.80. The number of benzene rings is 2. The highest BCUT2D eigenvalue weighted by atomic mass is 16.5. The average Bonchev–Trinajstić information content (AvgIpc) is 3.33. The van der Waals surface area contributed by atoms with Gasteiger partial charge in [-0.2, -0.15) is 4.52 Å². The summed E-state index contributed by atoms with van der Waals surface area (Å²) >= 11 is 0. The Hall–Kier alpha value is -3.59. The number of nitrogens with zero attached hydrogens (tertiary/aromatic N) is 4. The van der Waals surface area contributed by atoms with Crippen LogP contribution in [-0.4, -0.2) is 54.0 Å². The molecule has 9 heteroatoms. The molecule has 9 nitrogen and oxygen atoms in total. The zero-order valence-electron chi connectivity index (χ0n) is 19.1. The first kappa shape index (κ1) is 21.3. The fourth-order valence-corrected chi connectivity index (χ4v) is 4.26. The van der Waals surface area contributed by atoms with Crippen molar-refractivity contribution in [2.24, 2.45) is 0 Å². The number of nitrogens with one attached hydrogen (secondary N) is 2. The monoisotopic (exact) mass is 448 g/mol. The molecule has 0 radical (unpaired) electrons. The average molecular weight is 449 g/mol. The molecule has 1 saturated heterocycles. The van der Waals surface area contributed by atoms with Crippen LogP contribution in [0.2, 0.25) is 0 Å². The molecule has 3 heterocycles. The molecule has 1 aliphatic rings. The number of hydrogen-bond donors (Lipinski definition) is 2. The number of rotatable bonds is 7. The van der Waals surface area contributed by atoms with E-state index in [1.54, 1.807) is 21.3 Å². The Labute approximate surface area is 192 Å². The first-order valence-corrected chi connectivity index (χ1v) is 11.1. The maximum absolute atomic E-state index is 5.55. The van der Waals surface area contributed by atoms with E-state index >= 15 is 0 Å². The molecule has 1 fully saturated rings. The molecular weight excluding hydrogens is 420 g/mol. The Balaban J connectivity index is 1.56. The van der Waals surface area contributed by atoms with Crippen LogP contribution in [0.25, 0.3) is 16.6 Å². The quantitative estimate of drug-likeness (QED) is 0.444. The van der Waals surface area contributed by atoms with Gasteiger partial charge in [-0.1, -0.05) is 0 Å². The van der Waals surface area contributed by atoms with E-state index in [0.29, 0.717) is 18.4 Å². The molecule has 5 rings (SSSR count). The second-order valence-electron chi connectivity index (χ2n) is 8.10. The van der Waals surface area contributed by atoms with Crippen molar-refractivity contribution in [3.63, 3.8) is 0 Å². The Morgan fingerprint density at radius 1 is 1.03 bits per heavy atom. The van der Waals surface area contributed by atoms with Crippen LogP contribution in [0.3, 0.4) is 0 Å². The molecule has 0 amide bonds. The third-order valence-corrected chi connectivity index (χ3v) is 6.09. The highest BCUT2D eigenvalue weighted by Crippen LogP contribution is 2.29. The van der Waals surface area contributed by atoms with Crippen LogP contribution in [0.4, 0.5) is 5.95 Å². The Bertz CT molecular complexity index is 1280. The van der Waals surface area contributed by atoms with Crippen LogP contribution in [0.5, 0.6) is 17.2 Å². The molecule has 33 heavy (non-hydrogen) atoms. The van der Waals surface area contributed by atoms with E-state index in [1.165, 1.54) is 0 Å². The first-order valence-electron chi connectivity index (χ1n) is 11.1. The molecule has 2 aromatic carbocycles. The van der Waals surface area contributed by atoms with Crippen LogP contribution < -0.4 is 24.8 Å². The number of anilines is 1. The van der Waals surface area contributed by atoms with E-state index in [1.807, 2.05) is 40.9 Å². The van der Waals surface area contributed by atoms with Crippen LogP contribution in [0.1, 0.15) is 30.1 Å². The molecular formula is C24H28N6O3. The predicted molar refractivity (Wildman–Crippen MR) is 127 cm³/mol. The van der Waals surface area contributed by atoms with Gasteiger partial charge >= 0.3 is 0 Å². The molecule has 1 atom stereocenters. The van der Waals surface area contributed by atoms with Gasteiger partial charge in [0.2, 0.25) is 5.95 Å². The van der Waals surface area contributed by atoms with Crippen molar-refractivity contribution in [1.82, 2.24) is 24.9 Å². The molecule has 0 aliphatic carbocycles. The lowest BCUT2D eigenvalue weighted by molar-refractivity contribution is 0.391.